The second-order valence-corrected chi connectivity index (χ2v) is 6.03. The van der Waals surface area contributed by atoms with Crippen LogP contribution in [0.2, 0.25) is 5.02 Å². The molecule has 1 rings (SSSR count). The van der Waals surface area contributed by atoms with E-state index in [1.54, 1.807) is 19.4 Å². The van der Waals surface area contributed by atoms with Crippen LogP contribution in [0.25, 0.3) is 0 Å². The molecule has 0 aromatic carbocycles. The second-order valence-electron chi connectivity index (χ2n) is 3.82. The molecule has 0 bridgehead atoms. The van der Waals surface area contributed by atoms with E-state index < -0.39 is 10.8 Å². The quantitative estimate of drug-likeness (QED) is 0.856. The first kappa shape index (κ1) is 14.9. The molecule has 0 aliphatic heterocycles. The Hall–Kier alpha value is -1.14. The van der Waals surface area contributed by atoms with Gasteiger partial charge < -0.3 is 10.6 Å². The number of carbonyl (C=O) groups excluding carboxylic acids is 1. The van der Waals surface area contributed by atoms with Crippen molar-refractivity contribution in [3.63, 3.8) is 0 Å². The Morgan fingerprint density at radius 3 is 2.83 bits per heavy atom. The summed E-state index contributed by atoms with van der Waals surface area (Å²) in [7, 11) is 0.742. The van der Waals surface area contributed by atoms with Crippen molar-refractivity contribution in [1.29, 1.82) is 0 Å². The first-order valence-corrected chi connectivity index (χ1v) is 7.39. The zero-order chi connectivity index (χ0) is 13.7. The molecular weight excluding hydrogens is 274 g/mol. The number of hydrogen-bond donors (Lipinski definition) is 2. The number of nitrogens with one attached hydrogen (secondary N) is 2. The smallest absolute Gasteiger partial charge is 0.253 e. The predicted molar refractivity (Wildman–Crippen MR) is 74.7 cm³/mol. The maximum Gasteiger partial charge on any atom is 0.253 e. The first-order chi connectivity index (χ1) is 8.45. The van der Waals surface area contributed by atoms with Gasteiger partial charge in [-0.1, -0.05) is 11.6 Å². The Bertz CT molecular complexity index is 468. The molecule has 0 radical (unpaired) electrons. The van der Waals surface area contributed by atoms with Crippen molar-refractivity contribution in [3.05, 3.63) is 22.8 Å². The minimum absolute atomic E-state index is 0.0988. The van der Waals surface area contributed by atoms with Gasteiger partial charge in [-0.3, -0.25) is 9.00 Å². The maximum absolute atomic E-state index is 11.9. The van der Waals surface area contributed by atoms with Crippen LogP contribution >= 0.6 is 11.6 Å². The Morgan fingerprint density at radius 2 is 2.28 bits per heavy atom. The van der Waals surface area contributed by atoms with E-state index in [1.807, 2.05) is 6.92 Å². The average Bonchev–Trinajstić information content (AvgIpc) is 2.35. The van der Waals surface area contributed by atoms with Crippen molar-refractivity contribution in [2.45, 2.75) is 12.2 Å². The maximum atomic E-state index is 11.9. The van der Waals surface area contributed by atoms with E-state index in [0.717, 1.165) is 0 Å². The lowest BCUT2D eigenvalue weighted by atomic mass is 10.2. The molecule has 2 atom stereocenters. The van der Waals surface area contributed by atoms with Crippen molar-refractivity contribution >= 4 is 34.1 Å². The summed E-state index contributed by atoms with van der Waals surface area (Å²) in [5, 5.41) is 5.72. The number of anilines is 1. The molecule has 100 valence electrons. The summed E-state index contributed by atoms with van der Waals surface area (Å²) in [5.74, 6) is 0.271. The standard InChI is InChI=1S/C11H16ClN3O2S/c1-7(18(3)17)5-15-11(16)8-4-10(13-2)14-6-9(8)12/h4,6-7H,5H2,1-3H3,(H,13,14)(H,15,16). The van der Waals surface area contributed by atoms with Gasteiger partial charge in [0.05, 0.1) is 10.6 Å². The molecule has 18 heavy (non-hydrogen) atoms. The normalized spacial score (nSPS) is 13.8. The molecule has 0 saturated heterocycles. The summed E-state index contributed by atoms with van der Waals surface area (Å²) in [5.41, 5.74) is 0.352. The minimum atomic E-state index is -0.967. The predicted octanol–water partition coefficient (Wildman–Crippen LogP) is 1.27. The molecular formula is C11H16ClN3O2S. The van der Waals surface area contributed by atoms with Gasteiger partial charge in [0.2, 0.25) is 0 Å². The zero-order valence-electron chi connectivity index (χ0n) is 10.5. The van der Waals surface area contributed by atoms with Crippen LogP contribution in [0.3, 0.4) is 0 Å². The third-order valence-electron chi connectivity index (χ3n) is 2.47. The topological polar surface area (TPSA) is 71.1 Å². The molecule has 0 aliphatic rings. The van der Waals surface area contributed by atoms with E-state index in [4.69, 9.17) is 11.6 Å². The fourth-order valence-electron chi connectivity index (χ4n) is 1.20. The third kappa shape index (κ3) is 3.96. The van der Waals surface area contributed by atoms with E-state index in [2.05, 4.69) is 15.6 Å². The molecule has 0 aliphatic carbocycles. The van der Waals surface area contributed by atoms with Crippen LogP contribution in [0.4, 0.5) is 5.82 Å². The molecule has 2 unspecified atom stereocenters. The number of rotatable bonds is 5. The molecule has 1 amide bonds. The Labute approximate surface area is 114 Å². The number of halogens is 1. The van der Waals surface area contributed by atoms with E-state index in [0.29, 0.717) is 17.9 Å². The van der Waals surface area contributed by atoms with Crippen LogP contribution in [0.1, 0.15) is 17.3 Å². The fraction of sp³-hybridized carbons (Fsp3) is 0.455. The highest BCUT2D eigenvalue weighted by Gasteiger charge is 2.14. The van der Waals surface area contributed by atoms with Crippen LogP contribution in [-0.2, 0) is 10.8 Å². The molecule has 5 nitrogen and oxygen atoms in total. The molecule has 0 saturated carbocycles. The number of amides is 1. The zero-order valence-corrected chi connectivity index (χ0v) is 12.1. The monoisotopic (exact) mass is 289 g/mol. The highest BCUT2D eigenvalue weighted by atomic mass is 35.5. The van der Waals surface area contributed by atoms with Crippen molar-refractivity contribution < 1.29 is 9.00 Å². The van der Waals surface area contributed by atoms with E-state index >= 15 is 0 Å². The molecule has 7 heteroatoms. The highest BCUT2D eigenvalue weighted by molar-refractivity contribution is 7.84. The summed E-state index contributed by atoms with van der Waals surface area (Å²) in [4.78, 5) is 15.9. The lowest BCUT2D eigenvalue weighted by Crippen LogP contribution is -2.32. The van der Waals surface area contributed by atoms with Gasteiger partial charge in [0.15, 0.2) is 0 Å². The Kier molecular flexibility index (Phi) is 5.55. The Balaban J connectivity index is 2.75. The number of carbonyl (C=O) groups is 1. The largest absolute Gasteiger partial charge is 0.373 e. The third-order valence-corrected chi connectivity index (χ3v) is 4.07. The fourth-order valence-corrected chi connectivity index (χ4v) is 1.71. The number of hydrogen-bond acceptors (Lipinski definition) is 4. The molecule has 1 aromatic heterocycles. The highest BCUT2D eigenvalue weighted by Crippen LogP contribution is 2.17. The SMILES string of the molecule is CNc1cc(C(=O)NCC(C)S(C)=O)c(Cl)cn1. The van der Waals surface area contributed by atoms with Gasteiger partial charge in [0.25, 0.3) is 5.91 Å². The number of aromatic nitrogens is 1. The van der Waals surface area contributed by atoms with Gasteiger partial charge in [-0.05, 0) is 13.0 Å². The van der Waals surface area contributed by atoms with Gasteiger partial charge >= 0.3 is 0 Å². The molecule has 0 spiro atoms. The van der Waals surface area contributed by atoms with Crippen molar-refractivity contribution in [2.75, 3.05) is 25.2 Å². The van der Waals surface area contributed by atoms with Crippen LogP contribution in [0.5, 0.6) is 0 Å². The molecule has 1 heterocycles. The van der Waals surface area contributed by atoms with Crippen LogP contribution in [-0.4, -0.2) is 40.2 Å². The van der Waals surface area contributed by atoms with E-state index in [-0.39, 0.29) is 16.2 Å². The van der Waals surface area contributed by atoms with Crippen LogP contribution in [0, 0.1) is 0 Å². The lowest BCUT2D eigenvalue weighted by molar-refractivity contribution is 0.0954. The number of pyridine rings is 1. The van der Waals surface area contributed by atoms with Gasteiger partial charge in [-0.25, -0.2) is 4.98 Å². The first-order valence-electron chi connectivity index (χ1n) is 5.39. The summed E-state index contributed by atoms with van der Waals surface area (Å²) in [6.45, 7) is 2.15. The number of nitrogens with zero attached hydrogens (tertiary/aromatic N) is 1. The van der Waals surface area contributed by atoms with Gasteiger partial charge in [-0.2, -0.15) is 0 Å². The molecule has 1 aromatic rings. The Morgan fingerprint density at radius 1 is 1.61 bits per heavy atom. The lowest BCUT2D eigenvalue weighted by Gasteiger charge is -2.11. The average molecular weight is 290 g/mol. The van der Waals surface area contributed by atoms with Gasteiger partial charge in [0.1, 0.15) is 5.82 Å². The second kappa shape index (κ2) is 6.70. The van der Waals surface area contributed by atoms with Crippen LogP contribution < -0.4 is 10.6 Å². The van der Waals surface area contributed by atoms with Gasteiger partial charge in [-0.15, -0.1) is 0 Å². The van der Waals surface area contributed by atoms with E-state index in [1.165, 1.54) is 6.20 Å². The molecule has 2 N–H and O–H groups in total. The molecule has 0 fully saturated rings. The van der Waals surface area contributed by atoms with Gasteiger partial charge in [0, 0.05) is 42.1 Å². The van der Waals surface area contributed by atoms with Crippen molar-refractivity contribution in [3.8, 4) is 0 Å². The summed E-state index contributed by atoms with van der Waals surface area (Å²) in [6, 6.07) is 1.57. The summed E-state index contributed by atoms with van der Waals surface area (Å²) in [6.07, 6.45) is 3.03. The summed E-state index contributed by atoms with van der Waals surface area (Å²) >= 11 is 5.91. The van der Waals surface area contributed by atoms with Crippen LogP contribution in [0.15, 0.2) is 12.3 Å². The minimum Gasteiger partial charge on any atom is -0.373 e. The van der Waals surface area contributed by atoms with E-state index in [9.17, 15) is 9.00 Å². The van der Waals surface area contributed by atoms with Crippen molar-refractivity contribution in [2.24, 2.45) is 0 Å². The van der Waals surface area contributed by atoms with Crippen molar-refractivity contribution in [1.82, 2.24) is 10.3 Å². The summed E-state index contributed by atoms with van der Waals surface area (Å²) < 4.78 is 11.2.